The molecule has 1 rings (SSSR count). The molecule has 1 fully saturated rings. The van der Waals surface area contributed by atoms with E-state index in [4.69, 9.17) is 10.8 Å². The van der Waals surface area contributed by atoms with E-state index in [1.54, 1.807) is 0 Å². The smallest absolute Gasteiger partial charge is 0.325 e. The zero-order valence-corrected chi connectivity index (χ0v) is 14.7. The highest BCUT2D eigenvalue weighted by atomic mass is 16.4. The van der Waals surface area contributed by atoms with E-state index in [1.165, 1.54) is 13.8 Å². The Morgan fingerprint density at radius 1 is 1.08 bits per heavy atom. The average Bonchev–Trinajstić information content (AvgIpc) is 3.07. The normalized spacial score (nSPS) is 19.7. The molecule has 0 aromatic carbocycles. The van der Waals surface area contributed by atoms with E-state index in [9.17, 15) is 24.0 Å². The van der Waals surface area contributed by atoms with Crippen molar-refractivity contribution in [1.29, 1.82) is 0 Å². The van der Waals surface area contributed by atoms with Gasteiger partial charge in [-0.2, -0.15) is 0 Å². The quantitative estimate of drug-likeness (QED) is 0.253. The lowest BCUT2D eigenvalue weighted by molar-refractivity contribution is -0.142. The van der Waals surface area contributed by atoms with E-state index < -0.39 is 48.2 Å². The minimum atomic E-state index is -1.34. The Kier molecular flexibility index (Phi) is 7.97. The molecule has 0 aromatic heterocycles. The maximum Gasteiger partial charge on any atom is 0.325 e. The standard InChI is InChI=1S/C15H25N5O6/c1-7(18-13(23)9-4-3-5-17-9)12(22)20-10(6-11(16)21)14(24)19-8(2)15(25)26/h7-10,17H,3-6H2,1-2H3,(H2,16,21)(H,18,23)(H,19,24)(H,20,22)(H,25,26). The molecular formula is C15H25N5O6. The first-order valence-corrected chi connectivity index (χ1v) is 8.27. The molecule has 4 atom stereocenters. The highest BCUT2D eigenvalue weighted by Gasteiger charge is 2.29. The number of nitrogens with two attached hydrogens (primary N) is 1. The predicted octanol–water partition coefficient (Wildman–Crippen LogP) is -2.81. The van der Waals surface area contributed by atoms with E-state index in [-0.39, 0.29) is 11.9 Å². The third-order valence-electron chi connectivity index (χ3n) is 3.90. The van der Waals surface area contributed by atoms with Crippen LogP contribution >= 0.6 is 0 Å². The maximum absolute atomic E-state index is 12.2. The Hall–Kier alpha value is -2.69. The lowest BCUT2D eigenvalue weighted by Crippen LogP contribution is -2.56. The van der Waals surface area contributed by atoms with E-state index in [0.717, 1.165) is 13.0 Å². The molecule has 0 bridgehead atoms. The molecule has 7 N–H and O–H groups in total. The largest absolute Gasteiger partial charge is 0.480 e. The van der Waals surface area contributed by atoms with Crippen molar-refractivity contribution in [3.8, 4) is 0 Å². The summed E-state index contributed by atoms with van der Waals surface area (Å²) < 4.78 is 0. The minimum absolute atomic E-state index is 0.333. The van der Waals surface area contributed by atoms with Crippen LogP contribution in [-0.4, -0.2) is 65.4 Å². The van der Waals surface area contributed by atoms with Crippen LogP contribution in [0.1, 0.15) is 33.1 Å². The molecule has 0 aromatic rings. The summed E-state index contributed by atoms with van der Waals surface area (Å²) in [5.74, 6) is -4.00. The van der Waals surface area contributed by atoms with Crippen LogP contribution in [0.15, 0.2) is 0 Å². The van der Waals surface area contributed by atoms with Crippen molar-refractivity contribution < 1.29 is 29.1 Å². The van der Waals surface area contributed by atoms with Gasteiger partial charge < -0.3 is 32.1 Å². The van der Waals surface area contributed by atoms with Crippen molar-refractivity contribution in [1.82, 2.24) is 21.3 Å². The van der Waals surface area contributed by atoms with E-state index >= 15 is 0 Å². The van der Waals surface area contributed by atoms with Gasteiger partial charge in [0.1, 0.15) is 18.1 Å². The number of hydrogen-bond donors (Lipinski definition) is 6. The summed E-state index contributed by atoms with van der Waals surface area (Å²) in [6.45, 7) is 3.39. The molecule has 0 saturated carbocycles. The van der Waals surface area contributed by atoms with Gasteiger partial charge in [-0.15, -0.1) is 0 Å². The lowest BCUT2D eigenvalue weighted by Gasteiger charge is -2.22. The molecule has 1 heterocycles. The van der Waals surface area contributed by atoms with Gasteiger partial charge in [0.2, 0.25) is 23.6 Å². The molecule has 0 radical (unpaired) electrons. The maximum atomic E-state index is 12.2. The van der Waals surface area contributed by atoms with Crippen molar-refractivity contribution in [3.05, 3.63) is 0 Å². The van der Waals surface area contributed by atoms with Gasteiger partial charge >= 0.3 is 5.97 Å². The number of carboxylic acids is 1. The molecule has 11 heteroatoms. The fourth-order valence-corrected chi connectivity index (χ4v) is 2.37. The Labute approximate surface area is 150 Å². The summed E-state index contributed by atoms with van der Waals surface area (Å²) in [5, 5.41) is 18.8. The van der Waals surface area contributed by atoms with Crippen molar-refractivity contribution >= 4 is 29.6 Å². The van der Waals surface area contributed by atoms with Gasteiger partial charge in [0, 0.05) is 0 Å². The second kappa shape index (κ2) is 9.70. The highest BCUT2D eigenvalue weighted by molar-refractivity contribution is 5.95. The first-order valence-electron chi connectivity index (χ1n) is 8.27. The van der Waals surface area contributed by atoms with Crippen molar-refractivity contribution in [2.24, 2.45) is 5.73 Å². The summed E-state index contributed by atoms with van der Waals surface area (Å²) in [6, 6.07) is -3.87. The molecule has 4 unspecified atom stereocenters. The fourth-order valence-electron chi connectivity index (χ4n) is 2.37. The molecule has 1 aliphatic rings. The molecular weight excluding hydrogens is 346 g/mol. The third kappa shape index (κ3) is 6.67. The Bertz CT molecular complexity index is 575. The zero-order chi connectivity index (χ0) is 19.9. The van der Waals surface area contributed by atoms with Crippen LogP contribution in [-0.2, 0) is 24.0 Å². The van der Waals surface area contributed by atoms with Crippen LogP contribution < -0.4 is 27.0 Å². The SMILES string of the molecule is CC(NC(=O)C(CC(N)=O)NC(=O)C(C)NC(=O)C1CCCN1)C(=O)O. The van der Waals surface area contributed by atoms with Crippen molar-refractivity contribution in [2.45, 2.75) is 57.3 Å². The van der Waals surface area contributed by atoms with Crippen LogP contribution in [0.4, 0.5) is 0 Å². The topological polar surface area (TPSA) is 180 Å². The molecule has 0 spiro atoms. The zero-order valence-electron chi connectivity index (χ0n) is 14.7. The van der Waals surface area contributed by atoms with Crippen LogP contribution in [0, 0.1) is 0 Å². The predicted molar refractivity (Wildman–Crippen MR) is 89.6 cm³/mol. The van der Waals surface area contributed by atoms with Gasteiger partial charge in [0.15, 0.2) is 0 Å². The fraction of sp³-hybridized carbons (Fsp3) is 0.667. The summed E-state index contributed by atoms with van der Waals surface area (Å²) in [4.78, 5) is 58.3. The van der Waals surface area contributed by atoms with E-state index in [2.05, 4.69) is 21.3 Å². The van der Waals surface area contributed by atoms with Crippen LogP contribution in [0.3, 0.4) is 0 Å². The number of aliphatic carboxylic acids is 1. The number of carbonyl (C=O) groups is 5. The van der Waals surface area contributed by atoms with Crippen LogP contribution in [0.5, 0.6) is 0 Å². The molecule has 1 saturated heterocycles. The summed E-state index contributed by atoms with van der Waals surface area (Å²) >= 11 is 0. The monoisotopic (exact) mass is 371 g/mol. The number of amides is 4. The lowest BCUT2D eigenvalue weighted by atomic mass is 10.1. The molecule has 1 aliphatic heterocycles. The molecule has 11 nitrogen and oxygen atoms in total. The van der Waals surface area contributed by atoms with Gasteiger partial charge in [-0.1, -0.05) is 0 Å². The summed E-state index contributed by atoms with van der Waals surface area (Å²) in [5.41, 5.74) is 5.07. The summed E-state index contributed by atoms with van der Waals surface area (Å²) in [6.07, 6.45) is 1.02. The van der Waals surface area contributed by atoms with Gasteiger partial charge in [-0.3, -0.25) is 24.0 Å². The van der Waals surface area contributed by atoms with Crippen molar-refractivity contribution in [3.63, 3.8) is 0 Å². The average molecular weight is 371 g/mol. The van der Waals surface area contributed by atoms with E-state index in [0.29, 0.717) is 6.42 Å². The van der Waals surface area contributed by atoms with Crippen molar-refractivity contribution in [2.75, 3.05) is 6.54 Å². The Morgan fingerprint density at radius 2 is 1.73 bits per heavy atom. The second-order valence-electron chi connectivity index (χ2n) is 6.18. The number of hydrogen-bond acceptors (Lipinski definition) is 6. The van der Waals surface area contributed by atoms with Gasteiger partial charge in [0.05, 0.1) is 12.5 Å². The number of rotatable bonds is 9. The summed E-state index contributed by atoms with van der Waals surface area (Å²) in [7, 11) is 0. The second-order valence-corrected chi connectivity index (χ2v) is 6.18. The van der Waals surface area contributed by atoms with Gasteiger partial charge in [-0.25, -0.2) is 0 Å². The number of primary amides is 1. The van der Waals surface area contributed by atoms with Gasteiger partial charge in [0.25, 0.3) is 0 Å². The van der Waals surface area contributed by atoms with E-state index in [1.807, 2.05) is 0 Å². The molecule has 146 valence electrons. The Balaban J connectivity index is 2.65. The van der Waals surface area contributed by atoms with Crippen LogP contribution in [0.2, 0.25) is 0 Å². The molecule has 4 amide bonds. The first-order chi connectivity index (χ1) is 12.1. The van der Waals surface area contributed by atoms with Gasteiger partial charge in [-0.05, 0) is 33.2 Å². The number of nitrogens with one attached hydrogen (secondary N) is 4. The minimum Gasteiger partial charge on any atom is -0.480 e. The molecule has 0 aliphatic carbocycles. The highest BCUT2D eigenvalue weighted by Crippen LogP contribution is 2.05. The number of carbonyl (C=O) groups excluding carboxylic acids is 4. The number of carboxylic acid groups (broad SMARTS) is 1. The first kappa shape index (κ1) is 21.4. The third-order valence-corrected chi connectivity index (χ3v) is 3.90. The van der Waals surface area contributed by atoms with Crippen LogP contribution in [0.25, 0.3) is 0 Å². The molecule has 26 heavy (non-hydrogen) atoms. The Morgan fingerprint density at radius 3 is 2.23 bits per heavy atom.